The van der Waals surface area contributed by atoms with Crippen molar-refractivity contribution in [2.75, 3.05) is 13.1 Å². The fourth-order valence-electron chi connectivity index (χ4n) is 2.16. The van der Waals surface area contributed by atoms with Crippen LogP contribution in [0.15, 0.2) is 24.3 Å². The molecule has 1 fully saturated rings. The van der Waals surface area contributed by atoms with Gasteiger partial charge in [-0.25, -0.2) is 9.18 Å². The molecule has 0 radical (unpaired) electrons. The van der Waals surface area contributed by atoms with E-state index >= 15 is 0 Å². The van der Waals surface area contributed by atoms with Crippen LogP contribution in [0, 0.1) is 10.1 Å². The molecule has 1 amide bonds. The van der Waals surface area contributed by atoms with Crippen molar-refractivity contribution in [1.82, 2.24) is 4.90 Å². The van der Waals surface area contributed by atoms with E-state index in [1.807, 2.05) is 0 Å². The van der Waals surface area contributed by atoms with Crippen molar-refractivity contribution >= 4 is 11.8 Å². The standard InChI is InChI=1S/C13H15FN2O5/c14-11-7-15(13(17)18)6-5-12(11)21-8-9-1-3-10(4-2-9)16(19)20/h1-4,11-12H,5-8H2,(H,17,18)/t11-,12?/m0/s1. The average molecular weight is 298 g/mol. The second-order valence-corrected chi connectivity index (χ2v) is 4.81. The zero-order valence-electron chi connectivity index (χ0n) is 11.1. The molecule has 1 aliphatic heterocycles. The molecular formula is C13H15FN2O5. The predicted molar refractivity (Wildman–Crippen MR) is 70.8 cm³/mol. The number of carboxylic acid groups (broad SMARTS) is 1. The molecule has 0 aliphatic carbocycles. The van der Waals surface area contributed by atoms with Crippen LogP contribution in [0.25, 0.3) is 0 Å². The van der Waals surface area contributed by atoms with Gasteiger partial charge in [0.15, 0.2) is 0 Å². The highest BCUT2D eigenvalue weighted by atomic mass is 19.1. The maximum atomic E-state index is 13.8. The average Bonchev–Trinajstić information content (AvgIpc) is 2.46. The zero-order valence-corrected chi connectivity index (χ0v) is 11.1. The van der Waals surface area contributed by atoms with E-state index in [1.54, 1.807) is 12.1 Å². The SMILES string of the molecule is O=C(O)N1CCC(OCc2ccc([N+](=O)[O-])cc2)[C@@H](F)C1. The first-order valence-electron chi connectivity index (χ1n) is 6.44. The number of nitro benzene ring substituents is 1. The Balaban J connectivity index is 1.86. The number of piperidine rings is 1. The molecule has 7 nitrogen and oxygen atoms in total. The minimum atomic E-state index is -1.37. The minimum Gasteiger partial charge on any atom is -0.465 e. The number of halogens is 1. The predicted octanol–water partition coefficient (Wildman–Crippen LogP) is 2.20. The monoisotopic (exact) mass is 298 g/mol. The Morgan fingerprint density at radius 2 is 2.14 bits per heavy atom. The molecular weight excluding hydrogens is 283 g/mol. The third-order valence-electron chi connectivity index (χ3n) is 3.36. The van der Waals surface area contributed by atoms with Gasteiger partial charge < -0.3 is 14.7 Å². The fourth-order valence-corrected chi connectivity index (χ4v) is 2.16. The van der Waals surface area contributed by atoms with Crippen molar-refractivity contribution in [2.45, 2.75) is 25.3 Å². The summed E-state index contributed by atoms with van der Waals surface area (Å²) >= 11 is 0. The highest BCUT2D eigenvalue weighted by Gasteiger charge is 2.32. The molecule has 1 saturated heterocycles. The normalized spacial score (nSPS) is 22.0. The Kier molecular flexibility index (Phi) is 4.69. The zero-order chi connectivity index (χ0) is 15.4. The number of hydrogen-bond acceptors (Lipinski definition) is 4. The van der Waals surface area contributed by atoms with Crippen LogP contribution >= 0.6 is 0 Å². The third kappa shape index (κ3) is 3.88. The first-order chi connectivity index (χ1) is 9.97. The van der Waals surface area contributed by atoms with Crippen molar-refractivity contribution in [3.63, 3.8) is 0 Å². The van der Waals surface area contributed by atoms with E-state index in [0.29, 0.717) is 12.0 Å². The summed E-state index contributed by atoms with van der Waals surface area (Å²) in [5.41, 5.74) is 0.686. The molecule has 8 heteroatoms. The molecule has 21 heavy (non-hydrogen) atoms. The highest BCUT2D eigenvalue weighted by Crippen LogP contribution is 2.20. The van der Waals surface area contributed by atoms with E-state index in [1.165, 1.54) is 12.1 Å². The van der Waals surface area contributed by atoms with Crippen LogP contribution in [-0.2, 0) is 11.3 Å². The van der Waals surface area contributed by atoms with Gasteiger partial charge in [-0.15, -0.1) is 0 Å². The lowest BCUT2D eigenvalue weighted by Crippen LogP contribution is -2.47. The molecule has 1 unspecified atom stereocenters. The van der Waals surface area contributed by atoms with Gasteiger partial charge in [0, 0.05) is 18.7 Å². The number of likely N-dealkylation sites (tertiary alicyclic amines) is 1. The molecule has 0 spiro atoms. The van der Waals surface area contributed by atoms with Crippen molar-refractivity contribution in [2.24, 2.45) is 0 Å². The van der Waals surface area contributed by atoms with Gasteiger partial charge in [-0.3, -0.25) is 10.1 Å². The second-order valence-electron chi connectivity index (χ2n) is 4.81. The van der Waals surface area contributed by atoms with Crippen LogP contribution in [0.4, 0.5) is 14.9 Å². The van der Waals surface area contributed by atoms with E-state index in [-0.39, 0.29) is 25.4 Å². The van der Waals surface area contributed by atoms with Gasteiger partial charge in [-0.2, -0.15) is 0 Å². The number of ether oxygens (including phenoxy) is 1. The lowest BCUT2D eigenvalue weighted by molar-refractivity contribution is -0.384. The molecule has 0 saturated carbocycles. The quantitative estimate of drug-likeness (QED) is 0.679. The molecule has 1 aromatic rings. The van der Waals surface area contributed by atoms with Crippen molar-refractivity contribution in [3.8, 4) is 0 Å². The number of nitro groups is 1. The lowest BCUT2D eigenvalue weighted by atomic mass is 10.1. The van der Waals surface area contributed by atoms with E-state index < -0.39 is 23.3 Å². The van der Waals surface area contributed by atoms with Crippen LogP contribution < -0.4 is 0 Å². The molecule has 1 N–H and O–H groups in total. The van der Waals surface area contributed by atoms with Gasteiger partial charge in [0.2, 0.25) is 0 Å². The summed E-state index contributed by atoms with van der Waals surface area (Å²) in [6, 6.07) is 5.83. The largest absolute Gasteiger partial charge is 0.465 e. The first-order valence-corrected chi connectivity index (χ1v) is 6.44. The Hall–Kier alpha value is -2.22. The number of hydrogen-bond donors (Lipinski definition) is 1. The Labute approximate surface area is 120 Å². The number of nitrogens with zero attached hydrogens (tertiary/aromatic N) is 2. The van der Waals surface area contributed by atoms with Crippen molar-refractivity contribution < 1.29 is 24.0 Å². The van der Waals surface area contributed by atoms with Gasteiger partial charge in [-0.05, 0) is 24.1 Å². The van der Waals surface area contributed by atoms with Gasteiger partial charge >= 0.3 is 6.09 Å². The number of rotatable bonds is 4. The Morgan fingerprint density at radius 3 is 2.67 bits per heavy atom. The summed E-state index contributed by atoms with van der Waals surface area (Å²) in [6.45, 7) is 0.178. The molecule has 2 rings (SSSR count). The molecule has 1 heterocycles. The van der Waals surface area contributed by atoms with Crippen LogP contribution in [0.1, 0.15) is 12.0 Å². The Bertz CT molecular complexity index is 522. The number of benzene rings is 1. The van der Waals surface area contributed by atoms with Crippen molar-refractivity contribution in [1.29, 1.82) is 0 Å². The van der Waals surface area contributed by atoms with E-state index in [0.717, 1.165) is 4.90 Å². The summed E-state index contributed by atoms with van der Waals surface area (Å²) in [6.07, 6.45) is -2.87. The maximum absolute atomic E-state index is 13.8. The second kappa shape index (κ2) is 6.49. The van der Waals surface area contributed by atoms with Gasteiger partial charge in [0.05, 0.1) is 24.2 Å². The van der Waals surface area contributed by atoms with Gasteiger partial charge in [0.1, 0.15) is 6.17 Å². The van der Waals surface area contributed by atoms with Crippen LogP contribution in [0.3, 0.4) is 0 Å². The summed E-state index contributed by atoms with van der Waals surface area (Å²) in [7, 11) is 0. The topological polar surface area (TPSA) is 92.9 Å². The molecule has 0 bridgehead atoms. The fraction of sp³-hybridized carbons (Fsp3) is 0.462. The summed E-state index contributed by atoms with van der Waals surface area (Å²) in [5, 5.41) is 19.3. The molecule has 2 atom stereocenters. The lowest BCUT2D eigenvalue weighted by Gasteiger charge is -2.32. The highest BCUT2D eigenvalue weighted by molar-refractivity contribution is 5.65. The molecule has 114 valence electrons. The van der Waals surface area contributed by atoms with E-state index in [4.69, 9.17) is 9.84 Å². The number of amides is 1. The number of carbonyl (C=O) groups is 1. The summed E-state index contributed by atoms with van der Waals surface area (Å²) in [4.78, 5) is 21.8. The minimum absolute atomic E-state index is 0.0168. The third-order valence-corrected chi connectivity index (χ3v) is 3.36. The smallest absolute Gasteiger partial charge is 0.407 e. The van der Waals surface area contributed by atoms with E-state index in [2.05, 4.69) is 0 Å². The summed E-state index contributed by atoms with van der Waals surface area (Å²) < 4.78 is 19.3. The molecule has 0 aromatic heterocycles. The summed E-state index contributed by atoms with van der Waals surface area (Å²) in [5.74, 6) is 0. The number of alkyl halides is 1. The van der Waals surface area contributed by atoms with E-state index in [9.17, 15) is 19.3 Å². The molecule has 1 aromatic carbocycles. The molecule has 1 aliphatic rings. The van der Waals surface area contributed by atoms with Crippen LogP contribution in [0.2, 0.25) is 0 Å². The maximum Gasteiger partial charge on any atom is 0.407 e. The number of non-ortho nitro benzene ring substituents is 1. The van der Waals surface area contributed by atoms with Gasteiger partial charge in [0.25, 0.3) is 5.69 Å². The van der Waals surface area contributed by atoms with Crippen LogP contribution in [0.5, 0.6) is 0 Å². The van der Waals surface area contributed by atoms with Crippen LogP contribution in [-0.4, -0.2) is 46.4 Å². The Morgan fingerprint density at radius 1 is 1.48 bits per heavy atom. The van der Waals surface area contributed by atoms with Gasteiger partial charge in [-0.1, -0.05) is 0 Å². The first kappa shape index (κ1) is 15.2. The van der Waals surface area contributed by atoms with Crippen molar-refractivity contribution in [3.05, 3.63) is 39.9 Å².